The minimum atomic E-state index is -1.57. The van der Waals surface area contributed by atoms with Crippen molar-refractivity contribution in [3.63, 3.8) is 0 Å². The third-order valence-electron chi connectivity index (χ3n) is 3.24. The number of oxime groups is 1. The largest absolute Gasteiger partial charge is 0.461 e. The van der Waals surface area contributed by atoms with Crippen LogP contribution in [-0.2, 0) is 9.53 Å². The molecule has 0 spiro atoms. The maximum Gasteiger partial charge on any atom is 0.381 e. The second-order valence-corrected chi connectivity index (χ2v) is 5.18. The van der Waals surface area contributed by atoms with Crippen LogP contribution in [0.25, 0.3) is 0 Å². The van der Waals surface area contributed by atoms with Crippen molar-refractivity contribution in [1.29, 1.82) is 0 Å². The van der Waals surface area contributed by atoms with E-state index in [-0.39, 0.29) is 30.9 Å². The summed E-state index contributed by atoms with van der Waals surface area (Å²) in [4.78, 5) is 46.6. The summed E-state index contributed by atoms with van der Waals surface area (Å²) in [5, 5.41) is 36.2. The molecule has 27 heavy (non-hydrogen) atoms. The highest BCUT2D eigenvalue weighted by atomic mass is 16.7. The Kier molecular flexibility index (Phi) is 7.72. The summed E-state index contributed by atoms with van der Waals surface area (Å²) in [5.41, 5.74) is -0.924. The molecule has 0 aliphatic carbocycles. The Morgan fingerprint density at radius 3 is 2.37 bits per heavy atom. The van der Waals surface area contributed by atoms with E-state index in [0.717, 1.165) is 18.2 Å². The van der Waals surface area contributed by atoms with Gasteiger partial charge in [0.05, 0.1) is 28.2 Å². The number of hydrogen-bond donors (Lipinski definition) is 0. The quantitative estimate of drug-likeness (QED) is 0.253. The third kappa shape index (κ3) is 6.30. The number of carbonyl (C=O) groups is 1. The number of nitrogens with zero attached hydrogens (tertiary/aromatic N) is 4. The molecule has 0 fully saturated rings. The van der Waals surface area contributed by atoms with Crippen LogP contribution in [0.4, 0.5) is 11.4 Å². The summed E-state index contributed by atoms with van der Waals surface area (Å²) in [6, 6.07) is 1.19. The number of nitro groups is 3. The van der Waals surface area contributed by atoms with Gasteiger partial charge in [-0.05, 0) is 26.3 Å². The standard InChI is InChI=1S/C14H16N4O9/c1-3-26-14(19)11(17(22)23)6-4-9(2)15-27-13-7-5-10(16(20)21)8-12(13)18(24)25/h5,7-8,11H,3-4,6H2,1-2H3/b15-9+. The molecule has 0 aliphatic rings. The highest BCUT2D eigenvalue weighted by Crippen LogP contribution is 2.31. The van der Waals surface area contributed by atoms with Gasteiger partial charge >= 0.3 is 17.7 Å². The molecule has 0 aromatic heterocycles. The first-order chi connectivity index (χ1) is 12.7. The molecule has 0 amide bonds. The van der Waals surface area contributed by atoms with Crippen LogP contribution in [-0.4, -0.2) is 39.1 Å². The SMILES string of the molecule is CCOC(=O)C(CC/C(C)=N/Oc1ccc([N+](=O)[O-])cc1[N+](=O)[O-])[N+](=O)[O-]. The molecule has 1 aromatic rings. The molecule has 0 saturated heterocycles. The molecule has 0 heterocycles. The summed E-state index contributed by atoms with van der Waals surface area (Å²) in [6.45, 7) is 2.97. The van der Waals surface area contributed by atoms with Crippen molar-refractivity contribution >= 4 is 23.1 Å². The number of rotatable bonds is 10. The maximum absolute atomic E-state index is 11.5. The second kappa shape index (κ2) is 9.74. The van der Waals surface area contributed by atoms with Crippen LogP contribution in [0.3, 0.4) is 0 Å². The van der Waals surface area contributed by atoms with Gasteiger partial charge in [0.1, 0.15) is 0 Å². The van der Waals surface area contributed by atoms with Gasteiger partial charge in [-0.3, -0.25) is 30.3 Å². The molecule has 1 unspecified atom stereocenters. The van der Waals surface area contributed by atoms with E-state index in [9.17, 15) is 35.1 Å². The zero-order chi connectivity index (χ0) is 20.6. The summed E-state index contributed by atoms with van der Waals surface area (Å²) in [6.07, 6.45) is -0.210. The predicted molar refractivity (Wildman–Crippen MR) is 90.1 cm³/mol. The molecule has 1 atom stereocenters. The van der Waals surface area contributed by atoms with E-state index >= 15 is 0 Å². The maximum atomic E-state index is 11.5. The number of ether oxygens (including phenoxy) is 1. The molecule has 146 valence electrons. The van der Waals surface area contributed by atoms with E-state index in [1.54, 1.807) is 0 Å². The van der Waals surface area contributed by atoms with Gasteiger partial charge in [0.15, 0.2) is 0 Å². The Bertz CT molecular complexity index is 778. The zero-order valence-corrected chi connectivity index (χ0v) is 14.4. The summed E-state index contributed by atoms with van der Waals surface area (Å²) in [5.74, 6) is -1.30. The first-order valence-corrected chi connectivity index (χ1v) is 7.60. The fraction of sp³-hybridized carbons (Fsp3) is 0.429. The lowest BCUT2D eigenvalue weighted by molar-refractivity contribution is -0.511. The lowest BCUT2D eigenvalue weighted by Gasteiger charge is -2.08. The number of esters is 1. The van der Waals surface area contributed by atoms with Gasteiger partial charge in [-0.15, -0.1) is 0 Å². The number of non-ortho nitro benzene ring substituents is 1. The average Bonchev–Trinajstić information content (AvgIpc) is 2.59. The van der Waals surface area contributed by atoms with E-state index in [1.165, 1.54) is 13.8 Å². The lowest BCUT2D eigenvalue weighted by Crippen LogP contribution is -2.31. The fourth-order valence-electron chi connectivity index (χ4n) is 1.91. The van der Waals surface area contributed by atoms with E-state index < -0.39 is 38.2 Å². The van der Waals surface area contributed by atoms with Crippen LogP contribution >= 0.6 is 0 Å². The van der Waals surface area contributed by atoms with Crippen molar-refractivity contribution in [2.45, 2.75) is 32.7 Å². The van der Waals surface area contributed by atoms with Crippen LogP contribution in [0.2, 0.25) is 0 Å². The van der Waals surface area contributed by atoms with Crippen molar-refractivity contribution in [3.8, 4) is 5.75 Å². The summed E-state index contributed by atoms with van der Waals surface area (Å²) >= 11 is 0. The van der Waals surface area contributed by atoms with Crippen molar-refractivity contribution in [2.75, 3.05) is 6.61 Å². The average molecular weight is 384 g/mol. The van der Waals surface area contributed by atoms with E-state index in [2.05, 4.69) is 9.89 Å². The molecule has 1 rings (SSSR count). The Morgan fingerprint density at radius 2 is 1.85 bits per heavy atom. The number of benzene rings is 1. The van der Waals surface area contributed by atoms with Gasteiger partial charge in [0, 0.05) is 17.4 Å². The van der Waals surface area contributed by atoms with Gasteiger partial charge in [-0.1, -0.05) is 5.16 Å². The van der Waals surface area contributed by atoms with E-state index in [0.29, 0.717) is 0 Å². The minimum Gasteiger partial charge on any atom is -0.461 e. The third-order valence-corrected chi connectivity index (χ3v) is 3.24. The molecule has 0 radical (unpaired) electrons. The molecule has 0 bridgehead atoms. The first-order valence-electron chi connectivity index (χ1n) is 7.60. The molecule has 0 aliphatic heterocycles. The zero-order valence-electron chi connectivity index (χ0n) is 14.4. The lowest BCUT2D eigenvalue weighted by atomic mass is 10.1. The van der Waals surface area contributed by atoms with Crippen molar-refractivity contribution in [2.24, 2.45) is 5.16 Å². The molecule has 0 N–H and O–H groups in total. The fourth-order valence-corrected chi connectivity index (χ4v) is 1.91. The van der Waals surface area contributed by atoms with Crippen LogP contribution in [0, 0.1) is 30.3 Å². The Balaban J connectivity index is 2.84. The van der Waals surface area contributed by atoms with Crippen LogP contribution < -0.4 is 4.84 Å². The number of nitro benzene ring substituents is 2. The molecular weight excluding hydrogens is 368 g/mol. The van der Waals surface area contributed by atoms with Crippen LogP contribution in [0.5, 0.6) is 5.75 Å². The van der Waals surface area contributed by atoms with Crippen LogP contribution in [0.1, 0.15) is 26.7 Å². The van der Waals surface area contributed by atoms with Gasteiger partial charge < -0.3 is 9.57 Å². The normalized spacial score (nSPS) is 12.1. The monoisotopic (exact) mass is 384 g/mol. The molecule has 13 heteroatoms. The van der Waals surface area contributed by atoms with Crippen molar-refractivity contribution in [1.82, 2.24) is 0 Å². The topological polar surface area (TPSA) is 177 Å². The molecular formula is C14H16N4O9. The van der Waals surface area contributed by atoms with E-state index in [1.807, 2.05) is 0 Å². The highest BCUT2D eigenvalue weighted by Gasteiger charge is 2.31. The summed E-state index contributed by atoms with van der Waals surface area (Å²) < 4.78 is 4.62. The Labute approximate surface area is 152 Å². The van der Waals surface area contributed by atoms with Gasteiger partial charge in [-0.25, -0.2) is 4.79 Å². The van der Waals surface area contributed by atoms with Crippen molar-refractivity contribution in [3.05, 3.63) is 48.5 Å². The van der Waals surface area contributed by atoms with Gasteiger partial charge in [0.2, 0.25) is 5.75 Å². The molecule has 0 saturated carbocycles. The molecule has 1 aromatic carbocycles. The predicted octanol–water partition coefficient (Wildman–Crippen LogP) is 2.25. The van der Waals surface area contributed by atoms with Crippen LogP contribution in [0.15, 0.2) is 23.4 Å². The van der Waals surface area contributed by atoms with E-state index in [4.69, 9.17) is 4.84 Å². The second-order valence-electron chi connectivity index (χ2n) is 5.18. The van der Waals surface area contributed by atoms with Crippen molar-refractivity contribution < 1.29 is 29.1 Å². The summed E-state index contributed by atoms with van der Waals surface area (Å²) in [7, 11) is 0. The minimum absolute atomic E-state index is 0.00314. The smallest absolute Gasteiger partial charge is 0.381 e. The highest BCUT2D eigenvalue weighted by molar-refractivity contribution is 5.82. The van der Waals surface area contributed by atoms with Gasteiger partial charge in [-0.2, -0.15) is 0 Å². The Hall–Kier alpha value is -3.64. The number of hydrogen-bond acceptors (Lipinski definition) is 10. The first kappa shape index (κ1) is 21.4. The van der Waals surface area contributed by atoms with Gasteiger partial charge in [0.25, 0.3) is 5.69 Å². The molecule has 13 nitrogen and oxygen atoms in total. The Morgan fingerprint density at radius 1 is 1.19 bits per heavy atom. The number of carbonyl (C=O) groups excluding carboxylic acids is 1.